The molecule has 1 amide bonds. The predicted octanol–water partition coefficient (Wildman–Crippen LogP) is 4.00. The van der Waals surface area contributed by atoms with E-state index >= 15 is 0 Å². The van der Waals surface area contributed by atoms with Crippen LogP contribution < -0.4 is 4.74 Å². The van der Waals surface area contributed by atoms with Crippen LogP contribution in [0.15, 0.2) is 48.5 Å². The van der Waals surface area contributed by atoms with Crippen molar-refractivity contribution in [2.75, 3.05) is 20.8 Å². The molecule has 0 aliphatic heterocycles. The smallest absolute Gasteiger partial charge is 0.306 e. The first kappa shape index (κ1) is 20.8. The average molecular weight is 413 g/mol. The third-order valence-corrected chi connectivity index (χ3v) is 6.00. The number of aromatic nitrogens is 1. The van der Waals surface area contributed by atoms with Gasteiger partial charge in [-0.2, -0.15) is 0 Å². The van der Waals surface area contributed by atoms with Crippen LogP contribution in [0.3, 0.4) is 0 Å². The van der Waals surface area contributed by atoms with Crippen molar-refractivity contribution in [1.82, 2.24) is 9.88 Å². The molecule has 1 atom stereocenters. The van der Waals surface area contributed by atoms with Crippen molar-refractivity contribution >= 4 is 33.4 Å². The number of carbonyl (C=O) groups excluding carboxylic acids is 2. The molecule has 0 spiro atoms. The monoisotopic (exact) mass is 412 g/mol. The molecule has 1 aromatic heterocycles. The normalized spacial score (nSPS) is 11.8. The summed E-state index contributed by atoms with van der Waals surface area (Å²) in [6.45, 7) is 1.63. The van der Waals surface area contributed by atoms with E-state index in [9.17, 15) is 9.59 Å². The number of carbonyl (C=O) groups is 2. The Labute approximate surface area is 174 Å². The minimum Gasteiger partial charge on any atom is -0.496 e. The first-order valence-electron chi connectivity index (χ1n) is 9.38. The number of fused-ring (bicyclic) bond motifs is 1. The van der Waals surface area contributed by atoms with Gasteiger partial charge in [0, 0.05) is 13.5 Å². The lowest BCUT2D eigenvalue weighted by molar-refractivity contribution is -0.152. The Kier molecular flexibility index (Phi) is 6.82. The zero-order valence-corrected chi connectivity index (χ0v) is 17.6. The molecule has 0 fully saturated rings. The summed E-state index contributed by atoms with van der Waals surface area (Å²) in [5.74, 6) is 0.0634. The summed E-state index contributed by atoms with van der Waals surface area (Å²) in [4.78, 5) is 30.7. The van der Waals surface area contributed by atoms with Crippen molar-refractivity contribution < 1.29 is 19.1 Å². The van der Waals surface area contributed by atoms with E-state index in [0.717, 1.165) is 26.5 Å². The standard InChI is InChI=1S/C22H24N2O4S/c1-15(22-23-17-9-5-7-11-19(17)29-22)24(2)20(25)14-28-21(26)13-12-16-8-4-6-10-18(16)27-3/h4-11,15H,12-14H2,1-3H3/t15-/m1/s1. The lowest BCUT2D eigenvalue weighted by Gasteiger charge is -2.23. The van der Waals surface area contributed by atoms with Gasteiger partial charge in [-0.15, -0.1) is 11.3 Å². The summed E-state index contributed by atoms with van der Waals surface area (Å²) < 4.78 is 11.5. The molecule has 152 valence electrons. The van der Waals surface area contributed by atoms with Crippen LogP contribution in [0, 0.1) is 0 Å². The van der Waals surface area contributed by atoms with E-state index in [1.54, 1.807) is 30.4 Å². The van der Waals surface area contributed by atoms with E-state index in [1.165, 1.54) is 0 Å². The number of ether oxygens (including phenoxy) is 2. The minimum atomic E-state index is -0.412. The molecule has 29 heavy (non-hydrogen) atoms. The van der Waals surface area contributed by atoms with Gasteiger partial charge in [0.25, 0.3) is 5.91 Å². The molecule has 0 saturated carbocycles. The van der Waals surface area contributed by atoms with Gasteiger partial charge >= 0.3 is 5.97 Å². The Balaban J connectivity index is 1.50. The van der Waals surface area contributed by atoms with Crippen LogP contribution in [-0.4, -0.2) is 42.5 Å². The van der Waals surface area contributed by atoms with Crippen molar-refractivity contribution in [2.24, 2.45) is 0 Å². The number of likely N-dealkylation sites (N-methyl/N-ethyl adjacent to an activating group) is 1. The maximum atomic E-state index is 12.5. The van der Waals surface area contributed by atoms with Gasteiger partial charge in [-0.05, 0) is 37.1 Å². The highest BCUT2D eigenvalue weighted by molar-refractivity contribution is 7.18. The average Bonchev–Trinajstić information content (AvgIpc) is 3.19. The zero-order chi connectivity index (χ0) is 20.8. The maximum absolute atomic E-state index is 12.5. The highest BCUT2D eigenvalue weighted by Crippen LogP contribution is 2.28. The molecule has 7 heteroatoms. The van der Waals surface area contributed by atoms with Crippen LogP contribution in [0.1, 0.15) is 30.0 Å². The quantitative estimate of drug-likeness (QED) is 0.523. The largest absolute Gasteiger partial charge is 0.496 e. The molecule has 6 nitrogen and oxygen atoms in total. The fourth-order valence-electron chi connectivity index (χ4n) is 2.91. The van der Waals surface area contributed by atoms with Crippen LogP contribution in [0.2, 0.25) is 0 Å². The lowest BCUT2D eigenvalue weighted by Crippen LogP contribution is -2.33. The topological polar surface area (TPSA) is 68.7 Å². The van der Waals surface area contributed by atoms with E-state index in [4.69, 9.17) is 9.47 Å². The first-order chi connectivity index (χ1) is 14.0. The third kappa shape index (κ3) is 5.12. The van der Waals surface area contributed by atoms with Gasteiger partial charge < -0.3 is 14.4 Å². The molecular formula is C22H24N2O4S. The van der Waals surface area contributed by atoms with E-state index in [-0.39, 0.29) is 25.0 Å². The number of nitrogens with zero attached hydrogens (tertiary/aromatic N) is 2. The molecule has 0 N–H and O–H groups in total. The Hall–Kier alpha value is -2.93. The number of thiazole rings is 1. The molecule has 2 aromatic carbocycles. The van der Waals surface area contributed by atoms with Crippen LogP contribution in [0.25, 0.3) is 10.2 Å². The molecule has 3 aromatic rings. The van der Waals surface area contributed by atoms with Gasteiger partial charge in [-0.25, -0.2) is 4.98 Å². The van der Waals surface area contributed by atoms with Gasteiger partial charge in [0.1, 0.15) is 10.8 Å². The van der Waals surface area contributed by atoms with Gasteiger partial charge in [0.05, 0.1) is 23.4 Å². The van der Waals surface area contributed by atoms with Crippen LogP contribution >= 0.6 is 11.3 Å². The first-order valence-corrected chi connectivity index (χ1v) is 10.2. The molecule has 0 saturated heterocycles. The van der Waals surface area contributed by atoms with Crippen molar-refractivity contribution in [3.8, 4) is 5.75 Å². The Morgan fingerprint density at radius 1 is 1.14 bits per heavy atom. The SMILES string of the molecule is COc1ccccc1CCC(=O)OCC(=O)N(C)[C@H](C)c1nc2ccccc2s1. The number of amides is 1. The summed E-state index contributed by atoms with van der Waals surface area (Å²) in [6, 6.07) is 15.2. The zero-order valence-electron chi connectivity index (χ0n) is 16.8. The van der Waals surface area contributed by atoms with E-state index in [0.29, 0.717) is 6.42 Å². The molecular weight excluding hydrogens is 388 g/mol. The number of rotatable bonds is 8. The summed E-state index contributed by atoms with van der Waals surface area (Å²) in [7, 11) is 3.29. The highest BCUT2D eigenvalue weighted by atomic mass is 32.1. The van der Waals surface area contributed by atoms with Gasteiger partial charge in [0.15, 0.2) is 6.61 Å². The molecule has 1 heterocycles. The number of hydrogen-bond acceptors (Lipinski definition) is 6. The van der Waals surface area contributed by atoms with Gasteiger partial charge in [-0.1, -0.05) is 30.3 Å². The summed E-state index contributed by atoms with van der Waals surface area (Å²) >= 11 is 1.56. The molecule has 0 bridgehead atoms. The second-order valence-corrected chi connectivity index (χ2v) is 7.74. The Morgan fingerprint density at radius 2 is 1.86 bits per heavy atom. The molecule has 0 radical (unpaired) electrons. The van der Waals surface area contributed by atoms with Crippen LogP contribution in [-0.2, 0) is 20.7 Å². The number of hydrogen-bond donors (Lipinski definition) is 0. The van der Waals surface area contributed by atoms with E-state index in [1.807, 2.05) is 55.5 Å². The predicted molar refractivity (Wildman–Crippen MR) is 113 cm³/mol. The number of benzene rings is 2. The van der Waals surface area contributed by atoms with Crippen molar-refractivity contribution in [3.05, 3.63) is 59.1 Å². The van der Waals surface area contributed by atoms with Gasteiger partial charge in [-0.3, -0.25) is 9.59 Å². The number of esters is 1. The Bertz CT molecular complexity index is 968. The van der Waals surface area contributed by atoms with Crippen LogP contribution in [0.5, 0.6) is 5.75 Å². The second kappa shape index (κ2) is 9.52. The van der Waals surface area contributed by atoms with Crippen molar-refractivity contribution in [3.63, 3.8) is 0 Å². The summed E-state index contributed by atoms with van der Waals surface area (Å²) in [5.41, 5.74) is 1.85. The van der Waals surface area contributed by atoms with E-state index in [2.05, 4.69) is 4.98 Å². The highest BCUT2D eigenvalue weighted by Gasteiger charge is 2.21. The molecule has 0 aliphatic carbocycles. The second-order valence-electron chi connectivity index (χ2n) is 6.67. The summed E-state index contributed by atoms with van der Waals surface area (Å²) in [6.07, 6.45) is 0.680. The van der Waals surface area contributed by atoms with E-state index < -0.39 is 5.97 Å². The molecule has 3 rings (SSSR count). The number of para-hydroxylation sites is 2. The number of aryl methyl sites for hydroxylation is 1. The fraction of sp³-hybridized carbons (Fsp3) is 0.318. The fourth-order valence-corrected chi connectivity index (χ4v) is 3.98. The minimum absolute atomic E-state index is 0.185. The maximum Gasteiger partial charge on any atom is 0.306 e. The Morgan fingerprint density at radius 3 is 2.62 bits per heavy atom. The van der Waals surface area contributed by atoms with Crippen molar-refractivity contribution in [2.45, 2.75) is 25.8 Å². The lowest BCUT2D eigenvalue weighted by atomic mass is 10.1. The van der Waals surface area contributed by atoms with Crippen molar-refractivity contribution in [1.29, 1.82) is 0 Å². The molecule has 0 aliphatic rings. The van der Waals surface area contributed by atoms with Gasteiger partial charge in [0.2, 0.25) is 0 Å². The summed E-state index contributed by atoms with van der Waals surface area (Å²) in [5, 5.41) is 0.851. The number of methoxy groups -OCH3 is 1. The third-order valence-electron chi connectivity index (χ3n) is 4.79. The van der Waals surface area contributed by atoms with Crippen LogP contribution in [0.4, 0.5) is 0 Å². The molecule has 0 unspecified atom stereocenters.